The third-order valence-corrected chi connectivity index (χ3v) is 7.02. The van der Waals surface area contributed by atoms with Gasteiger partial charge < -0.3 is 4.90 Å². The molecular weight excluding hydrogens is 402 g/mol. The van der Waals surface area contributed by atoms with Crippen molar-refractivity contribution in [1.29, 1.82) is 0 Å². The lowest BCUT2D eigenvalue weighted by Crippen LogP contribution is -2.27. The first-order valence-corrected chi connectivity index (χ1v) is 11.6. The summed E-state index contributed by atoms with van der Waals surface area (Å²) in [6.07, 6.45) is 13.5. The number of aromatic nitrogens is 6. The van der Waals surface area contributed by atoms with E-state index in [9.17, 15) is 4.79 Å². The van der Waals surface area contributed by atoms with Gasteiger partial charge in [0.1, 0.15) is 5.52 Å². The number of aryl methyl sites for hydroxylation is 1. The molecule has 1 aliphatic heterocycles. The quantitative estimate of drug-likeness (QED) is 0.492. The summed E-state index contributed by atoms with van der Waals surface area (Å²) in [5, 5.41) is 0. The number of hydrogen-bond donors (Lipinski definition) is 0. The number of fused-ring (bicyclic) bond motifs is 3. The number of anilines is 1. The van der Waals surface area contributed by atoms with Crippen molar-refractivity contribution in [2.75, 3.05) is 18.0 Å². The normalized spacial score (nSPS) is 17.6. The first kappa shape index (κ1) is 19.4. The standard InChI is InChI=1S/C24H27N7O/c1-29-20-15-25-19-10-9-18(16-13-26-23(27-14-16)30-11-5-6-12-30)28-21(19)22(20)31(24(29)32)17-7-3-2-4-8-17/h9-10,13-15,17H,2-8,11-12H2,1H3. The van der Waals surface area contributed by atoms with Gasteiger partial charge in [0.25, 0.3) is 0 Å². The van der Waals surface area contributed by atoms with E-state index in [1.807, 2.05) is 36.1 Å². The number of rotatable bonds is 3. The van der Waals surface area contributed by atoms with Crippen LogP contribution in [0.5, 0.6) is 0 Å². The monoisotopic (exact) mass is 429 g/mol. The molecule has 0 amide bonds. The van der Waals surface area contributed by atoms with Crippen LogP contribution in [0.3, 0.4) is 0 Å². The van der Waals surface area contributed by atoms with E-state index in [0.717, 1.165) is 78.0 Å². The van der Waals surface area contributed by atoms with Crippen LogP contribution >= 0.6 is 0 Å². The lowest BCUT2D eigenvalue weighted by Gasteiger charge is -2.23. The van der Waals surface area contributed by atoms with Crippen LogP contribution < -0.4 is 10.6 Å². The Morgan fingerprint density at radius 1 is 0.906 bits per heavy atom. The Labute approximate surface area is 186 Å². The summed E-state index contributed by atoms with van der Waals surface area (Å²) < 4.78 is 3.68. The molecule has 4 aromatic heterocycles. The summed E-state index contributed by atoms with van der Waals surface area (Å²) in [5.41, 5.74) is 4.98. The van der Waals surface area contributed by atoms with E-state index in [0.29, 0.717) is 0 Å². The lowest BCUT2D eigenvalue weighted by atomic mass is 9.95. The molecule has 0 bridgehead atoms. The van der Waals surface area contributed by atoms with Crippen LogP contribution in [0.2, 0.25) is 0 Å². The fourth-order valence-electron chi connectivity index (χ4n) is 5.26. The van der Waals surface area contributed by atoms with Gasteiger partial charge in [-0.25, -0.2) is 19.7 Å². The van der Waals surface area contributed by atoms with Crippen LogP contribution in [0.25, 0.3) is 33.3 Å². The first-order valence-electron chi connectivity index (χ1n) is 11.6. The van der Waals surface area contributed by atoms with Crippen LogP contribution in [-0.4, -0.2) is 42.2 Å². The summed E-state index contributed by atoms with van der Waals surface area (Å²) in [6, 6.07) is 4.16. The highest BCUT2D eigenvalue weighted by molar-refractivity contribution is 6.00. The molecule has 8 nitrogen and oxygen atoms in total. The van der Waals surface area contributed by atoms with E-state index in [4.69, 9.17) is 4.98 Å². The molecule has 0 atom stereocenters. The van der Waals surface area contributed by atoms with Gasteiger partial charge in [-0.1, -0.05) is 19.3 Å². The van der Waals surface area contributed by atoms with Crippen LogP contribution in [0, 0.1) is 0 Å². The molecule has 0 spiro atoms. The highest BCUT2D eigenvalue weighted by Gasteiger charge is 2.24. The Bertz CT molecular complexity index is 1340. The van der Waals surface area contributed by atoms with E-state index in [1.54, 1.807) is 10.8 Å². The van der Waals surface area contributed by atoms with Gasteiger partial charge in [-0.2, -0.15) is 0 Å². The van der Waals surface area contributed by atoms with Crippen molar-refractivity contribution >= 4 is 28.0 Å². The molecular formula is C24H27N7O. The van der Waals surface area contributed by atoms with Crippen LogP contribution in [0.4, 0.5) is 5.95 Å². The second-order valence-electron chi connectivity index (χ2n) is 9.03. The van der Waals surface area contributed by atoms with Crippen molar-refractivity contribution in [2.45, 2.75) is 51.0 Å². The minimum absolute atomic E-state index is 0.0201. The van der Waals surface area contributed by atoms with Crippen molar-refractivity contribution < 1.29 is 0 Å². The highest BCUT2D eigenvalue weighted by atomic mass is 16.1. The maximum atomic E-state index is 13.2. The van der Waals surface area contributed by atoms with E-state index in [1.165, 1.54) is 19.3 Å². The zero-order valence-corrected chi connectivity index (χ0v) is 18.4. The minimum atomic E-state index is 0.0201. The van der Waals surface area contributed by atoms with Gasteiger partial charge in [0.15, 0.2) is 0 Å². The molecule has 0 unspecified atom stereocenters. The molecule has 1 saturated carbocycles. The van der Waals surface area contributed by atoms with E-state index in [-0.39, 0.29) is 11.7 Å². The fourth-order valence-corrected chi connectivity index (χ4v) is 5.26. The number of pyridine rings is 2. The molecule has 0 aromatic carbocycles. The smallest absolute Gasteiger partial charge is 0.329 e. The Hall–Kier alpha value is -3.29. The molecule has 4 aromatic rings. The molecule has 164 valence electrons. The van der Waals surface area contributed by atoms with Gasteiger partial charge in [0.2, 0.25) is 5.95 Å². The molecule has 0 N–H and O–H groups in total. The fraction of sp³-hybridized carbons (Fsp3) is 0.458. The van der Waals surface area contributed by atoms with E-state index < -0.39 is 0 Å². The van der Waals surface area contributed by atoms with Crippen molar-refractivity contribution in [1.82, 2.24) is 29.1 Å². The summed E-state index contributed by atoms with van der Waals surface area (Å²) in [4.78, 5) is 34.2. The van der Waals surface area contributed by atoms with Gasteiger partial charge in [-0.15, -0.1) is 0 Å². The van der Waals surface area contributed by atoms with Gasteiger partial charge in [0.05, 0.1) is 28.4 Å². The van der Waals surface area contributed by atoms with Crippen LogP contribution in [-0.2, 0) is 7.05 Å². The van der Waals surface area contributed by atoms with E-state index >= 15 is 0 Å². The Morgan fingerprint density at radius 3 is 2.41 bits per heavy atom. The average Bonchev–Trinajstić information content (AvgIpc) is 3.47. The molecule has 5 heterocycles. The van der Waals surface area contributed by atoms with Gasteiger partial charge in [-0.05, 0) is 37.8 Å². The zero-order valence-electron chi connectivity index (χ0n) is 18.4. The molecule has 0 radical (unpaired) electrons. The molecule has 1 aliphatic carbocycles. The maximum Gasteiger partial charge on any atom is 0.329 e. The molecule has 1 saturated heterocycles. The number of hydrogen-bond acceptors (Lipinski definition) is 6. The van der Waals surface area contributed by atoms with Crippen LogP contribution in [0.1, 0.15) is 51.0 Å². The molecule has 2 aliphatic rings. The van der Waals surface area contributed by atoms with Gasteiger partial charge in [0, 0.05) is 44.1 Å². The number of imidazole rings is 1. The third-order valence-electron chi connectivity index (χ3n) is 7.02. The van der Waals surface area contributed by atoms with Crippen molar-refractivity contribution in [2.24, 2.45) is 7.05 Å². The van der Waals surface area contributed by atoms with Crippen LogP contribution in [0.15, 0.2) is 35.5 Å². The Kier molecular flexibility index (Phi) is 4.66. The summed E-state index contributed by atoms with van der Waals surface area (Å²) in [5.74, 6) is 0.783. The second-order valence-corrected chi connectivity index (χ2v) is 9.03. The van der Waals surface area contributed by atoms with E-state index in [2.05, 4.69) is 19.9 Å². The van der Waals surface area contributed by atoms with Crippen molar-refractivity contribution in [3.05, 3.63) is 41.2 Å². The molecule has 2 fully saturated rings. The Morgan fingerprint density at radius 2 is 1.66 bits per heavy atom. The summed E-state index contributed by atoms with van der Waals surface area (Å²) in [7, 11) is 1.83. The lowest BCUT2D eigenvalue weighted by molar-refractivity contribution is 0.351. The van der Waals surface area contributed by atoms with Crippen molar-refractivity contribution in [3.8, 4) is 11.3 Å². The topological polar surface area (TPSA) is 81.7 Å². The van der Waals surface area contributed by atoms with Crippen molar-refractivity contribution in [3.63, 3.8) is 0 Å². The molecule has 6 rings (SSSR count). The first-order chi connectivity index (χ1) is 15.7. The minimum Gasteiger partial charge on any atom is -0.341 e. The predicted octanol–water partition coefficient (Wildman–Crippen LogP) is 3.85. The second kappa shape index (κ2) is 7.69. The molecule has 32 heavy (non-hydrogen) atoms. The predicted molar refractivity (Wildman–Crippen MR) is 125 cm³/mol. The average molecular weight is 430 g/mol. The number of nitrogens with zero attached hydrogens (tertiary/aromatic N) is 7. The SMILES string of the molecule is Cn1c(=O)n(C2CCCCC2)c2c3nc(-c4cnc(N5CCCC5)nc4)ccc3ncc21. The summed E-state index contributed by atoms with van der Waals surface area (Å²) in [6.45, 7) is 2.04. The van der Waals surface area contributed by atoms with Gasteiger partial charge >= 0.3 is 5.69 Å². The van der Waals surface area contributed by atoms with Gasteiger partial charge in [-0.3, -0.25) is 14.1 Å². The highest BCUT2D eigenvalue weighted by Crippen LogP contribution is 2.32. The Balaban J connectivity index is 1.49. The maximum absolute atomic E-state index is 13.2. The summed E-state index contributed by atoms with van der Waals surface area (Å²) >= 11 is 0. The molecule has 8 heteroatoms. The largest absolute Gasteiger partial charge is 0.341 e. The third kappa shape index (κ3) is 3.08. The zero-order chi connectivity index (χ0) is 21.7.